The van der Waals surface area contributed by atoms with E-state index in [0.717, 1.165) is 19.3 Å². The first kappa shape index (κ1) is 19.7. The zero-order valence-electron chi connectivity index (χ0n) is 15.0. The van der Waals surface area contributed by atoms with Crippen LogP contribution >= 0.6 is 0 Å². The number of aliphatic hydroxyl groups is 1. The van der Waals surface area contributed by atoms with Gasteiger partial charge in [-0.2, -0.15) is 0 Å². The lowest BCUT2D eigenvalue weighted by Gasteiger charge is -2.42. The number of diazo groups is 1. The first-order valence-electron chi connectivity index (χ1n) is 8.13. The van der Waals surface area contributed by atoms with Crippen molar-refractivity contribution in [2.24, 2.45) is 0 Å². The number of nitrogens with zero attached hydrogens (tertiary/aromatic N) is 2. The van der Waals surface area contributed by atoms with Crippen molar-refractivity contribution in [1.29, 1.82) is 5.39 Å². The van der Waals surface area contributed by atoms with Crippen LogP contribution in [0.1, 0.15) is 53.4 Å². The van der Waals surface area contributed by atoms with E-state index in [9.17, 15) is 9.90 Å². The third-order valence-electron chi connectivity index (χ3n) is 4.79. The molecule has 0 heterocycles. The van der Waals surface area contributed by atoms with Crippen LogP contribution in [0.25, 0.3) is 4.98 Å². The van der Waals surface area contributed by atoms with Crippen molar-refractivity contribution in [2.75, 3.05) is 0 Å². The quantitative estimate of drug-likeness (QED) is 0.267. The Bertz CT molecular complexity index is 513. The molecule has 1 rings (SSSR count). The van der Waals surface area contributed by atoms with Crippen LogP contribution < -0.4 is 0 Å². The van der Waals surface area contributed by atoms with Crippen molar-refractivity contribution in [2.45, 2.75) is 83.7 Å². The van der Waals surface area contributed by atoms with E-state index < -0.39 is 20.0 Å². The van der Waals surface area contributed by atoms with Gasteiger partial charge in [-0.15, -0.1) is 0 Å². The normalized spacial score (nSPS) is 23.7. The van der Waals surface area contributed by atoms with Gasteiger partial charge in [-0.1, -0.05) is 27.2 Å². The Hall–Kier alpha value is -1.39. The standard InChI is InChI=1S/C16H28N2O4Si/c1-11(19)14(18-17)15(20)21-12-9-7-8-10-13(12)22-23(5,6)16(2,3)4/h12-13H,7-10H2,1-6H3/p+1/t12-,13-/m1/s1. The molecule has 0 bridgehead atoms. The summed E-state index contributed by atoms with van der Waals surface area (Å²) in [7, 11) is -1.97. The fraction of sp³-hybridized carbons (Fsp3) is 0.812. The summed E-state index contributed by atoms with van der Waals surface area (Å²) in [6.07, 6.45) is 3.04. The highest BCUT2D eigenvalue weighted by atomic mass is 28.4. The van der Waals surface area contributed by atoms with Gasteiger partial charge in [-0.05, 0) is 37.4 Å². The summed E-state index contributed by atoms with van der Waals surface area (Å²) >= 11 is 0. The summed E-state index contributed by atoms with van der Waals surface area (Å²) in [5.41, 5.74) is -0.457. The van der Waals surface area contributed by atoms with Crippen LogP contribution in [0.3, 0.4) is 0 Å². The number of hydrogen-bond acceptors (Lipinski definition) is 5. The fourth-order valence-corrected chi connectivity index (χ4v) is 3.72. The van der Waals surface area contributed by atoms with Gasteiger partial charge < -0.3 is 14.3 Å². The molecule has 1 N–H and O–H groups in total. The molecule has 0 saturated heterocycles. The van der Waals surface area contributed by atoms with E-state index in [1.807, 2.05) is 0 Å². The van der Waals surface area contributed by atoms with Gasteiger partial charge in [0.15, 0.2) is 19.1 Å². The Morgan fingerprint density at radius 1 is 1.22 bits per heavy atom. The van der Waals surface area contributed by atoms with Crippen LogP contribution in [0.5, 0.6) is 0 Å². The number of rotatable bonds is 4. The molecule has 0 aromatic rings. The summed E-state index contributed by atoms with van der Waals surface area (Å²) in [5.74, 6) is -1.18. The number of carbonyl (C=O) groups excluding carboxylic acids is 1. The van der Waals surface area contributed by atoms with Crippen LogP contribution in [0.4, 0.5) is 0 Å². The van der Waals surface area contributed by atoms with Crippen LogP contribution in [-0.4, -0.2) is 31.6 Å². The van der Waals surface area contributed by atoms with Gasteiger partial charge in [0.1, 0.15) is 6.10 Å². The minimum absolute atomic E-state index is 0.0756. The van der Waals surface area contributed by atoms with E-state index in [1.54, 1.807) is 0 Å². The molecule has 1 aliphatic carbocycles. The van der Waals surface area contributed by atoms with E-state index >= 15 is 0 Å². The largest absolute Gasteiger partial charge is 0.505 e. The number of allylic oxidation sites excluding steroid dienone is 1. The van der Waals surface area contributed by atoms with Crippen molar-refractivity contribution < 1.29 is 19.1 Å². The van der Waals surface area contributed by atoms with E-state index in [4.69, 9.17) is 14.6 Å². The highest BCUT2D eigenvalue weighted by Crippen LogP contribution is 2.39. The number of carbonyl (C=O) groups is 1. The highest BCUT2D eigenvalue weighted by molar-refractivity contribution is 6.74. The van der Waals surface area contributed by atoms with Gasteiger partial charge in [0, 0.05) is 6.92 Å². The van der Waals surface area contributed by atoms with Crippen LogP contribution in [0.15, 0.2) is 11.5 Å². The summed E-state index contributed by atoms with van der Waals surface area (Å²) in [6, 6.07) is 0. The summed E-state index contributed by atoms with van der Waals surface area (Å²) in [4.78, 5) is 14.9. The summed E-state index contributed by atoms with van der Waals surface area (Å²) < 4.78 is 11.9. The Morgan fingerprint density at radius 3 is 2.17 bits per heavy atom. The topological polar surface area (TPSA) is 83.9 Å². The maximum absolute atomic E-state index is 12.1. The average Bonchev–Trinajstić information content (AvgIpc) is 2.39. The molecule has 0 aromatic heterocycles. The van der Waals surface area contributed by atoms with Crippen molar-refractivity contribution >= 4 is 14.3 Å². The Balaban J connectivity index is 2.86. The lowest BCUT2D eigenvalue weighted by Crippen LogP contribution is -2.49. The second kappa shape index (κ2) is 7.45. The molecule has 1 aliphatic rings. The van der Waals surface area contributed by atoms with Crippen LogP contribution in [-0.2, 0) is 14.0 Å². The first-order valence-corrected chi connectivity index (χ1v) is 11.0. The molecular formula is C16H29N2O4Si+. The average molecular weight is 342 g/mol. The number of ether oxygens (including phenoxy) is 1. The Kier molecular flexibility index (Phi) is 6.37. The maximum Gasteiger partial charge on any atom is 0.504 e. The molecule has 6 nitrogen and oxygen atoms in total. The van der Waals surface area contributed by atoms with Gasteiger partial charge in [-0.3, -0.25) is 0 Å². The van der Waals surface area contributed by atoms with Crippen molar-refractivity contribution in [1.82, 2.24) is 0 Å². The molecular weight excluding hydrogens is 312 g/mol. The molecule has 0 aliphatic heterocycles. The van der Waals surface area contributed by atoms with Gasteiger partial charge >= 0.3 is 11.7 Å². The fourth-order valence-electron chi connectivity index (χ4n) is 2.34. The monoisotopic (exact) mass is 341 g/mol. The molecule has 2 atom stereocenters. The molecule has 7 heteroatoms. The van der Waals surface area contributed by atoms with Crippen molar-refractivity contribution in [3.63, 3.8) is 0 Å². The van der Waals surface area contributed by atoms with Crippen molar-refractivity contribution in [3.8, 4) is 0 Å². The summed E-state index contributed by atoms with van der Waals surface area (Å²) in [6.45, 7) is 12.1. The van der Waals surface area contributed by atoms with E-state index in [1.165, 1.54) is 6.92 Å². The second-order valence-electron chi connectivity index (χ2n) is 7.68. The molecule has 0 amide bonds. The smallest absolute Gasteiger partial charge is 0.504 e. The molecule has 0 radical (unpaired) electrons. The van der Waals surface area contributed by atoms with Gasteiger partial charge in [0.2, 0.25) is 5.39 Å². The molecule has 130 valence electrons. The zero-order valence-corrected chi connectivity index (χ0v) is 16.0. The second-order valence-corrected chi connectivity index (χ2v) is 12.4. The molecule has 0 unspecified atom stereocenters. The predicted octanol–water partition coefficient (Wildman–Crippen LogP) is 4.51. The molecule has 0 aromatic carbocycles. The lowest BCUT2D eigenvalue weighted by molar-refractivity contribution is -0.151. The molecule has 0 spiro atoms. The maximum atomic E-state index is 12.1. The van der Waals surface area contributed by atoms with Crippen LogP contribution in [0, 0.1) is 5.39 Å². The van der Waals surface area contributed by atoms with Gasteiger partial charge in [0.05, 0.1) is 6.10 Å². The predicted molar refractivity (Wildman–Crippen MR) is 90.8 cm³/mol. The third-order valence-corrected chi connectivity index (χ3v) is 9.29. The van der Waals surface area contributed by atoms with Gasteiger partial charge in [0.25, 0.3) is 0 Å². The third kappa shape index (κ3) is 5.04. The zero-order chi connectivity index (χ0) is 17.8. The number of esters is 1. The van der Waals surface area contributed by atoms with E-state index in [2.05, 4.69) is 38.8 Å². The van der Waals surface area contributed by atoms with E-state index in [0.29, 0.717) is 6.42 Å². The molecule has 1 saturated carbocycles. The highest BCUT2D eigenvalue weighted by Gasteiger charge is 2.43. The van der Waals surface area contributed by atoms with Crippen LogP contribution in [0.2, 0.25) is 18.1 Å². The van der Waals surface area contributed by atoms with Crippen molar-refractivity contribution in [3.05, 3.63) is 16.4 Å². The van der Waals surface area contributed by atoms with E-state index in [-0.39, 0.29) is 23.0 Å². The minimum Gasteiger partial charge on any atom is -0.505 e. The number of hydrogen-bond donors (Lipinski definition) is 1. The lowest BCUT2D eigenvalue weighted by atomic mass is 9.95. The molecule has 1 fully saturated rings. The SMILES string of the molecule is C/C(O)=C(\[N+]#N)C(=O)O[C@@H]1CCCC[C@H]1O[Si](C)(C)C(C)(C)C. The minimum atomic E-state index is -1.97. The van der Waals surface area contributed by atoms with Gasteiger partial charge in [-0.25, -0.2) is 4.79 Å². The Morgan fingerprint density at radius 2 is 1.74 bits per heavy atom. The first-order chi connectivity index (χ1) is 10.5. The number of aliphatic hydroxyl groups excluding tert-OH is 1. The Labute approximate surface area is 139 Å². The summed E-state index contributed by atoms with van der Waals surface area (Å²) in [5, 5.41) is 18.3. The molecule has 23 heavy (non-hydrogen) atoms.